The molecule has 4 nitrogen and oxygen atoms in total. The molecule has 1 N–H and O–H groups in total. The highest BCUT2D eigenvalue weighted by atomic mass is 16.5. The van der Waals surface area contributed by atoms with E-state index in [9.17, 15) is 0 Å². The second-order valence-corrected chi connectivity index (χ2v) is 3.82. The van der Waals surface area contributed by atoms with Crippen LogP contribution in [0.5, 0.6) is 0 Å². The van der Waals surface area contributed by atoms with E-state index in [0.717, 1.165) is 32.5 Å². The number of hydrogen-bond donors (Lipinski definition) is 1. The van der Waals surface area contributed by atoms with Crippen LogP contribution in [0.15, 0.2) is 0 Å². The molecule has 0 aliphatic rings. The summed E-state index contributed by atoms with van der Waals surface area (Å²) in [7, 11) is 1.71. The first-order valence-electron chi connectivity index (χ1n) is 6.06. The Morgan fingerprint density at radius 2 is 1.88 bits per heavy atom. The smallest absolute Gasteiger partial charge is 0.0909 e. The molecule has 0 aromatic rings. The van der Waals surface area contributed by atoms with E-state index in [2.05, 4.69) is 6.92 Å². The molecule has 0 radical (unpaired) electrons. The predicted molar refractivity (Wildman–Crippen MR) is 63.7 cm³/mol. The molecule has 98 valence electrons. The van der Waals surface area contributed by atoms with Gasteiger partial charge in [0.05, 0.1) is 25.4 Å². The Hall–Kier alpha value is -0.160. The summed E-state index contributed by atoms with van der Waals surface area (Å²) in [6.45, 7) is 6.57. The number of rotatable bonds is 11. The maximum atomic E-state index is 8.67. The molecule has 0 saturated carbocycles. The van der Waals surface area contributed by atoms with Crippen LogP contribution in [0, 0.1) is 0 Å². The molecule has 0 aliphatic heterocycles. The lowest BCUT2D eigenvalue weighted by atomic mass is 9.95. The van der Waals surface area contributed by atoms with Gasteiger partial charge >= 0.3 is 0 Å². The highest BCUT2D eigenvalue weighted by Crippen LogP contribution is 2.22. The van der Waals surface area contributed by atoms with Crippen molar-refractivity contribution in [2.24, 2.45) is 0 Å². The van der Waals surface area contributed by atoms with Crippen LogP contribution in [0.2, 0.25) is 0 Å². The first-order chi connectivity index (χ1) is 7.74. The molecule has 0 aliphatic carbocycles. The van der Waals surface area contributed by atoms with Crippen LogP contribution in [-0.2, 0) is 14.2 Å². The topological polar surface area (TPSA) is 47.9 Å². The van der Waals surface area contributed by atoms with Gasteiger partial charge in [-0.15, -0.1) is 0 Å². The first-order valence-corrected chi connectivity index (χ1v) is 6.06. The highest BCUT2D eigenvalue weighted by molar-refractivity contribution is 4.78. The van der Waals surface area contributed by atoms with Crippen LogP contribution in [0.4, 0.5) is 0 Å². The van der Waals surface area contributed by atoms with Crippen molar-refractivity contribution < 1.29 is 19.3 Å². The third kappa shape index (κ3) is 6.43. The molecule has 0 heterocycles. The molecular formula is C12H26O4. The molecule has 4 heteroatoms. The summed E-state index contributed by atoms with van der Waals surface area (Å²) in [6.07, 6.45) is 2.80. The lowest BCUT2D eigenvalue weighted by molar-refractivity contribution is -0.0895. The van der Waals surface area contributed by atoms with Gasteiger partial charge in [0, 0.05) is 20.3 Å². The van der Waals surface area contributed by atoms with Crippen LogP contribution in [0.1, 0.15) is 33.1 Å². The zero-order valence-corrected chi connectivity index (χ0v) is 10.8. The average molecular weight is 234 g/mol. The average Bonchev–Trinajstić information content (AvgIpc) is 2.33. The first kappa shape index (κ1) is 15.8. The minimum Gasteiger partial charge on any atom is -0.394 e. The molecule has 1 unspecified atom stereocenters. The van der Waals surface area contributed by atoms with E-state index in [1.807, 2.05) is 6.92 Å². The second-order valence-electron chi connectivity index (χ2n) is 3.82. The molecular weight excluding hydrogens is 208 g/mol. The molecule has 0 fully saturated rings. The van der Waals surface area contributed by atoms with Crippen molar-refractivity contribution in [3.05, 3.63) is 0 Å². The van der Waals surface area contributed by atoms with E-state index in [4.69, 9.17) is 19.3 Å². The third-order valence-electron chi connectivity index (χ3n) is 2.80. The largest absolute Gasteiger partial charge is 0.394 e. The summed E-state index contributed by atoms with van der Waals surface area (Å²) in [4.78, 5) is 0. The van der Waals surface area contributed by atoms with Gasteiger partial charge in [0.2, 0.25) is 0 Å². The van der Waals surface area contributed by atoms with E-state index in [-0.39, 0.29) is 12.2 Å². The van der Waals surface area contributed by atoms with Gasteiger partial charge in [-0.05, 0) is 26.2 Å². The Labute approximate surface area is 98.9 Å². The number of ether oxygens (including phenoxy) is 3. The quantitative estimate of drug-likeness (QED) is 0.552. The van der Waals surface area contributed by atoms with Crippen molar-refractivity contribution in [2.45, 2.75) is 38.7 Å². The Morgan fingerprint density at radius 1 is 1.12 bits per heavy atom. The van der Waals surface area contributed by atoms with Crippen molar-refractivity contribution in [2.75, 3.05) is 40.1 Å². The van der Waals surface area contributed by atoms with Crippen LogP contribution in [0.3, 0.4) is 0 Å². The predicted octanol–water partition coefficient (Wildman–Crippen LogP) is 1.61. The Bertz CT molecular complexity index is 146. The van der Waals surface area contributed by atoms with Crippen LogP contribution in [0.25, 0.3) is 0 Å². The molecule has 0 spiro atoms. The summed E-state index contributed by atoms with van der Waals surface area (Å²) in [5.41, 5.74) is -0.230. The standard InChI is InChI=1S/C12H26O4/c1-4-12(14-3,11-16-10-8-13)7-6-9-15-5-2/h13H,4-11H2,1-3H3. The number of methoxy groups -OCH3 is 1. The maximum Gasteiger partial charge on any atom is 0.0909 e. The van der Waals surface area contributed by atoms with E-state index in [1.165, 1.54) is 0 Å². The van der Waals surface area contributed by atoms with Crippen LogP contribution >= 0.6 is 0 Å². The Balaban J connectivity index is 3.90. The highest BCUT2D eigenvalue weighted by Gasteiger charge is 2.27. The van der Waals surface area contributed by atoms with E-state index in [1.54, 1.807) is 7.11 Å². The van der Waals surface area contributed by atoms with Gasteiger partial charge in [0.25, 0.3) is 0 Å². The van der Waals surface area contributed by atoms with Crippen LogP contribution < -0.4 is 0 Å². The van der Waals surface area contributed by atoms with Crippen molar-refractivity contribution in [3.8, 4) is 0 Å². The Kier molecular flexibility index (Phi) is 9.92. The fourth-order valence-corrected chi connectivity index (χ4v) is 1.62. The maximum absolute atomic E-state index is 8.67. The summed E-state index contributed by atoms with van der Waals surface area (Å²) in [5, 5.41) is 8.67. The number of aliphatic hydroxyl groups is 1. The van der Waals surface area contributed by atoms with Gasteiger partial charge in [-0.2, -0.15) is 0 Å². The van der Waals surface area contributed by atoms with Crippen LogP contribution in [-0.4, -0.2) is 50.9 Å². The monoisotopic (exact) mass is 234 g/mol. The summed E-state index contributed by atoms with van der Waals surface area (Å²) in [5.74, 6) is 0. The molecule has 0 aromatic heterocycles. The van der Waals surface area contributed by atoms with E-state index < -0.39 is 0 Å². The van der Waals surface area contributed by atoms with Crippen molar-refractivity contribution in [1.29, 1.82) is 0 Å². The SMILES string of the molecule is CCOCCCC(CC)(COCCO)OC. The van der Waals surface area contributed by atoms with Gasteiger partial charge in [-0.3, -0.25) is 0 Å². The Morgan fingerprint density at radius 3 is 2.38 bits per heavy atom. The normalized spacial score (nSPS) is 15.0. The zero-order valence-electron chi connectivity index (χ0n) is 10.8. The summed E-state index contributed by atoms with van der Waals surface area (Å²) >= 11 is 0. The second kappa shape index (κ2) is 10.0. The lowest BCUT2D eigenvalue weighted by Gasteiger charge is -2.31. The lowest BCUT2D eigenvalue weighted by Crippen LogP contribution is -2.37. The van der Waals surface area contributed by atoms with Gasteiger partial charge in [0.15, 0.2) is 0 Å². The molecule has 16 heavy (non-hydrogen) atoms. The van der Waals surface area contributed by atoms with E-state index >= 15 is 0 Å². The molecule has 0 rings (SSSR count). The zero-order chi connectivity index (χ0) is 12.3. The molecule has 0 amide bonds. The van der Waals surface area contributed by atoms with E-state index in [0.29, 0.717) is 13.2 Å². The fraction of sp³-hybridized carbons (Fsp3) is 1.00. The van der Waals surface area contributed by atoms with Crippen molar-refractivity contribution >= 4 is 0 Å². The minimum absolute atomic E-state index is 0.0580. The summed E-state index contributed by atoms with van der Waals surface area (Å²) in [6, 6.07) is 0. The van der Waals surface area contributed by atoms with Crippen molar-refractivity contribution in [1.82, 2.24) is 0 Å². The fourth-order valence-electron chi connectivity index (χ4n) is 1.62. The van der Waals surface area contributed by atoms with Gasteiger partial charge < -0.3 is 19.3 Å². The number of aliphatic hydroxyl groups excluding tert-OH is 1. The molecule has 1 atom stereocenters. The van der Waals surface area contributed by atoms with Gasteiger partial charge in [-0.25, -0.2) is 0 Å². The molecule has 0 aromatic carbocycles. The van der Waals surface area contributed by atoms with Gasteiger partial charge in [0.1, 0.15) is 0 Å². The number of hydrogen-bond acceptors (Lipinski definition) is 4. The molecule has 0 saturated heterocycles. The third-order valence-corrected chi connectivity index (χ3v) is 2.80. The minimum atomic E-state index is -0.230. The molecule has 0 bridgehead atoms. The van der Waals surface area contributed by atoms with Gasteiger partial charge in [-0.1, -0.05) is 6.92 Å². The summed E-state index contributed by atoms with van der Waals surface area (Å²) < 4.78 is 16.2. The van der Waals surface area contributed by atoms with Crippen molar-refractivity contribution in [3.63, 3.8) is 0 Å².